The summed E-state index contributed by atoms with van der Waals surface area (Å²) in [5.41, 5.74) is 4.99. The lowest BCUT2D eigenvalue weighted by Crippen LogP contribution is -2.39. The number of aromatic nitrogens is 1. The Morgan fingerprint density at radius 1 is 1.23 bits per heavy atom. The van der Waals surface area contributed by atoms with Gasteiger partial charge in [0.2, 0.25) is 0 Å². The molecule has 0 saturated heterocycles. The molecular formula is C22H21NO3. The first kappa shape index (κ1) is 16.6. The lowest BCUT2D eigenvalue weighted by molar-refractivity contribution is 0.0695. The van der Waals surface area contributed by atoms with Crippen LogP contribution >= 0.6 is 0 Å². The zero-order chi connectivity index (χ0) is 18.4. The standard InChI is InChI=1S/C22H21NO3/c1-4-14-10-9-12(2)20-19(14)16(22(24)25)11-17(23-20)21-13(3)15-7-5-6-8-18(15)26-21/h5-8,11H,4,9-10H2,1-3H3,(H,24,25). The Morgan fingerprint density at radius 2 is 2.00 bits per heavy atom. The van der Waals surface area contributed by atoms with Crippen molar-refractivity contribution in [1.82, 2.24) is 4.98 Å². The molecule has 4 heteroatoms. The summed E-state index contributed by atoms with van der Waals surface area (Å²) in [6.45, 7) is 6.10. The van der Waals surface area contributed by atoms with Gasteiger partial charge in [0.15, 0.2) is 5.76 Å². The van der Waals surface area contributed by atoms with Crippen LogP contribution in [-0.4, -0.2) is 16.1 Å². The van der Waals surface area contributed by atoms with E-state index in [-0.39, 0.29) is 0 Å². The van der Waals surface area contributed by atoms with E-state index in [2.05, 4.69) is 6.92 Å². The van der Waals surface area contributed by atoms with Gasteiger partial charge < -0.3 is 9.52 Å². The lowest BCUT2D eigenvalue weighted by Gasteiger charge is -2.15. The van der Waals surface area contributed by atoms with Gasteiger partial charge >= 0.3 is 5.97 Å². The first-order chi connectivity index (χ1) is 12.5. The van der Waals surface area contributed by atoms with E-state index in [4.69, 9.17) is 9.40 Å². The molecule has 0 fully saturated rings. The average Bonchev–Trinajstić information content (AvgIpc) is 2.98. The third-order valence-electron chi connectivity index (χ3n) is 5.31. The maximum Gasteiger partial charge on any atom is 0.336 e. The molecule has 2 heterocycles. The second-order valence-corrected chi connectivity index (χ2v) is 6.87. The maximum absolute atomic E-state index is 12.0. The summed E-state index contributed by atoms with van der Waals surface area (Å²) in [4.78, 5) is 16.8. The molecule has 132 valence electrons. The van der Waals surface area contributed by atoms with Gasteiger partial charge in [0.25, 0.3) is 0 Å². The van der Waals surface area contributed by atoms with Crippen molar-refractivity contribution in [2.75, 3.05) is 0 Å². The molecule has 3 aromatic rings. The van der Waals surface area contributed by atoms with Crippen molar-refractivity contribution in [3.8, 4) is 11.5 Å². The third-order valence-corrected chi connectivity index (χ3v) is 5.31. The Kier molecular flexibility index (Phi) is 3.91. The van der Waals surface area contributed by atoms with Gasteiger partial charge in [-0.25, -0.2) is 9.78 Å². The number of hydrogen-bond acceptors (Lipinski definition) is 3. The highest BCUT2D eigenvalue weighted by Crippen LogP contribution is 2.31. The summed E-state index contributed by atoms with van der Waals surface area (Å²) in [5, 5.41) is 12.5. The number of para-hydroxylation sites is 1. The summed E-state index contributed by atoms with van der Waals surface area (Å²) in [6.07, 6.45) is 2.66. The topological polar surface area (TPSA) is 63.3 Å². The second-order valence-electron chi connectivity index (χ2n) is 6.87. The van der Waals surface area contributed by atoms with Gasteiger partial charge in [0, 0.05) is 16.2 Å². The Bertz CT molecular complexity index is 1170. The highest BCUT2D eigenvalue weighted by atomic mass is 16.4. The van der Waals surface area contributed by atoms with Crippen molar-refractivity contribution in [3.63, 3.8) is 0 Å². The van der Waals surface area contributed by atoms with Gasteiger partial charge in [0.1, 0.15) is 11.3 Å². The highest BCUT2D eigenvalue weighted by molar-refractivity contribution is 5.92. The molecule has 0 radical (unpaired) electrons. The fourth-order valence-electron chi connectivity index (χ4n) is 3.85. The normalized spacial score (nSPS) is 14.0. The van der Waals surface area contributed by atoms with E-state index in [0.717, 1.165) is 51.9 Å². The quantitative estimate of drug-likeness (QED) is 0.777. The molecular weight excluding hydrogens is 326 g/mol. The van der Waals surface area contributed by atoms with Gasteiger partial charge in [-0.3, -0.25) is 0 Å². The molecule has 0 unspecified atom stereocenters. The van der Waals surface area contributed by atoms with Crippen LogP contribution in [0.1, 0.15) is 49.0 Å². The smallest absolute Gasteiger partial charge is 0.336 e. The van der Waals surface area contributed by atoms with Gasteiger partial charge in [-0.2, -0.15) is 0 Å². The van der Waals surface area contributed by atoms with Crippen LogP contribution in [0.4, 0.5) is 0 Å². The van der Waals surface area contributed by atoms with Crippen molar-refractivity contribution in [3.05, 3.63) is 52.0 Å². The monoisotopic (exact) mass is 347 g/mol. The van der Waals surface area contributed by atoms with E-state index in [1.807, 2.05) is 38.1 Å². The van der Waals surface area contributed by atoms with E-state index in [1.165, 1.54) is 5.57 Å². The largest absolute Gasteiger partial charge is 0.478 e. The van der Waals surface area contributed by atoms with E-state index in [9.17, 15) is 9.90 Å². The van der Waals surface area contributed by atoms with Gasteiger partial charge in [-0.15, -0.1) is 0 Å². The maximum atomic E-state index is 12.0. The number of carbonyl (C=O) groups is 1. The molecule has 26 heavy (non-hydrogen) atoms. The Balaban J connectivity index is 2.11. The minimum absolute atomic E-state index is 0.320. The van der Waals surface area contributed by atoms with Crippen LogP contribution in [0.5, 0.6) is 0 Å². The molecule has 4 nitrogen and oxygen atoms in total. The summed E-state index contributed by atoms with van der Waals surface area (Å²) in [6, 6.07) is 9.49. The van der Waals surface area contributed by atoms with Crippen LogP contribution in [0.25, 0.3) is 33.6 Å². The van der Waals surface area contributed by atoms with Crippen LogP contribution in [0.2, 0.25) is 0 Å². The van der Waals surface area contributed by atoms with Crippen LogP contribution in [0.3, 0.4) is 0 Å². The summed E-state index contributed by atoms with van der Waals surface area (Å²) in [5.74, 6) is -0.271. The molecule has 0 saturated carbocycles. The number of furan rings is 1. The molecule has 2 aromatic heterocycles. The summed E-state index contributed by atoms with van der Waals surface area (Å²) < 4.78 is 6.03. The number of rotatable bonds is 3. The van der Waals surface area contributed by atoms with Gasteiger partial charge in [-0.1, -0.05) is 30.7 Å². The SMILES string of the molecule is CCC1=c2c(C(=O)O)cc(-c3oc4ccccc4c3C)nc2=C(C)CC1. The number of aryl methyl sites for hydroxylation is 1. The second kappa shape index (κ2) is 6.13. The van der Waals surface area contributed by atoms with E-state index in [0.29, 0.717) is 17.0 Å². The Labute approximate surface area is 151 Å². The molecule has 0 bridgehead atoms. The van der Waals surface area contributed by atoms with Crippen molar-refractivity contribution >= 4 is 28.1 Å². The molecule has 1 aromatic carbocycles. The van der Waals surface area contributed by atoms with Gasteiger partial charge in [0.05, 0.1) is 10.9 Å². The minimum Gasteiger partial charge on any atom is -0.478 e. The van der Waals surface area contributed by atoms with Gasteiger partial charge in [-0.05, 0) is 50.8 Å². The number of benzene rings is 1. The predicted molar refractivity (Wildman–Crippen MR) is 102 cm³/mol. The van der Waals surface area contributed by atoms with Crippen LogP contribution < -0.4 is 10.6 Å². The number of aromatic carboxylic acids is 1. The fraction of sp³-hybridized carbons (Fsp3) is 0.273. The number of nitrogens with zero attached hydrogens (tertiary/aromatic N) is 1. The van der Waals surface area contributed by atoms with Crippen LogP contribution in [-0.2, 0) is 0 Å². The molecule has 0 atom stereocenters. The molecule has 0 aliphatic heterocycles. The van der Waals surface area contributed by atoms with Crippen LogP contribution in [0.15, 0.2) is 34.7 Å². The summed E-state index contributed by atoms with van der Waals surface area (Å²) in [7, 11) is 0. The first-order valence-corrected chi connectivity index (χ1v) is 8.96. The zero-order valence-corrected chi connectivity index (χ0v) is 15.2. The van der Waals surface area contributed by atoms with Crippen molar-refractivity contribution in [1.29, 1.82) is 0 Å². The zero-order valence-electron chi connectivity index (χ0n) is 15.2. The number of carboxylic acid groups (broad SMARTS) is 1. The highest BCUT2D eigenvalue weighted by Gasteiger charge is 2.20. The van der Waals surface area contributed by atoms with Crippen molar-refractivity contribution < 1.29 is 14.3 Å². The van der Waals surface area contributed by atoms with E-state index >= 15 is 0 Å². The first-order valence-electron chi connectivity index (χ1n) is 8.96. The molecule has 4 rings (SSSR count). The van der Waals surface area contributed by atoms with E-state index in [1.54, 1.807) is 6.07 Å². The summed E-state index contributed by atoms with van der Waals surface area (Å²) >= 11 is 0. The number of hydrogen-bond donors (Lipinski definition) is 1. The minimum atomic E-state index is -0.917. The lowest BCUT2D eigenvalue weighted by atomic mass is 9.92. The van der Waals surface area contributed by atoms with E-state index < -0.39 is 5.97 Å². The third kappa shape index (κ3) is 2.45. The average molecular weight is 347 g/mol. The Morgan fingerprint density at radius 3 is 2.69 bits per heavy atom. The number of carboxylic acids is 1. The molecule has 1 aliphatic carbocycles. The van der Waals surface area contributed by atoms with Crippen molar-refractivity contribution in [2.45, 2.75) is 40.0 Å². The Hall–Kier alpha value is -2.88. The molecule has 0 amide bonds. The predicted octanol–water partition coefficient (Wildman–Crippen LogP) is 4.03. The van der Waals surface area contributed by atoms with Crippen molar-refractivity contribution in [2.24, 2.45) is 0 Å². The molecule has 0 spiro atoms. The number of fused-ring (bicyclic) bond motifs is 2. The number of pyridine rings is 1. The molecule has 1 aliphatic rings. The molecule has 1 N–H and O–H groups in total. The van der Waals surface area contributed by atoms with Crippen LogP contribution in [0, 0.1) is 6.92 Å². The fourth-order valence-corrected chi connectivity index (χ4v) is 3.85.